The summed E-state index contributed by atoms with van der Waals surface area (Å²) in [5.74, 6) is 0.553. The second-order valence-electron chi connectivity index (χ2n) is 5.53. The minimum absolute atomic E-state index is 0. The fourth-order valence-corrected chi connectivity index (χ4v) is 3.08. The molecular formula is C18H26FIN4OS. The number of hydrogen-bond acceptors (Lipinski definition) is 4. The van der Waals surface area contributed by atoms with Crippen LogP contribution in [-0.4, -0.2) is 24.6 Å². The lowest BCUT2D eigenvalue weighted by Crippen LogP contribution is -2.38. The molecule has 8 heteroatoms. The monoisotopic (exact) mass is 492 g/mol. The molecule has 0 aliphatic rings. The molecule has 2 aromatic rings. The van der Waals surface area contributed by atoms with E-state index in [-0.39, 0.29) is 41.6 Å². The largest absolute Gasteiger partial charge is 0.494 e. The van der Waals surface area contributed by atoms with E-state index in [0.29, 0.717) is 12.5 Å². The predicted molar refractivity (Wildman–Crippen MR) is 116 cm³/mol. The zero-order valence-corrected chi connectivity index (χ0v) is 18.7. The average molecular weight is 492 g/mol. The molecule has 0 spiro atoms. The van der Waals surface area contributed by atoms with Gasteiger partial charge in [0, 0.05) is 17.6 Å². The molecule has 0 fully saturated rings. The number of ether oxygens (including phenoxy) is 1. The number of benzene rings is 1. The van der Waals surface area contributed by atoms with Crippen molar-refractivity contribution in [3.8, 4) is 5.75 Å². The maximum atomic E-state index is 13.9. The van der Waals surface area contributed by atoms with Gasteiger partial charge in [0.1, 0.15) is 5.01 Å². The maximum absolute atomic E-state index is 13.9. The third kappa shape index (κ3) is 6.39. The normalized spacial score (nSPS) is 12.3. The average Bonchev–Trinajstić information content (AvgIpc) is 3.07. The zero-order valence-electron chi connectivity index (χ0n) is 15.5. The van der Waals surface area contributed by atoms with E-state index in [1.807, 2.05) is 26.1 Å². The van der Waals surface area contributed by atoms with Gasteiger partial charge in [-0.2, -0.15) is 0 Å². The van der Waals surface area contributed by atoms with Crippen molar-refractivity contribution < 1.29 is 9.13 Å². The Morgan fingerprint density at radius 3 is 2.73 bits per heavy atom. The number of rotatable bonds is 7. The van der Waals surface area contributed by atoms with Crippen LogP contribution in [0.5, 0.6) is 5.75 Å². The molecule has 1 unspecified atom stereocenters. The number of methoxy groups -OCH3 is 1. The highest BCUT2D eigenvalue weighted by atomic mass is 127. The van der Waals surface area contributed by atoms with Crippen molar-refractivity contribution in [2.75, 3.05) is 13.7 Å². The minimum atomic E-state index is -0.370. The minimum Gasteiger partial charge on any atom is -0.494 e. The quantitative estimate of drug-likeness (QED) is 0.344. The van der Waals surface area contributed by atoms with Gasteiger partial charge in [0.15, 0.2) is 17.5 Å². The second kappa shape index (κ2) is 11.3. The van der Waals surface area contributed by atoms with E-state index in [4.69, 9.17) is 4.74 Å². The molecule has 0 aliphatic carbocycles. The van der Waals surface area contributed by atoms with Crippen LogP contribution < -0.4 is 15.4 Å². The third-order valence-corrected chi connectivity index (χ3v) is 4.82. The Balaban J connectivity index is 0.00000338. The Kier molecular flexibility index (Phi) is 9.85. The van der Waals surface area contributed by atoms with Crippen LogP contribution in [0.15, 0.2) is 29.4 Å². The van der Waals surface area contributed by atoms with Gasteiger partial charge < -0.3 is 15.4 Å². The summed E-state index contributed by atoms with van der Waals surface area (Å²) in [6.45, 7) is 7.35. The van der Waals surface area contributed by atoms with Gasteiger partial charge in [0.25, 0.3) is 0 Å². The van der Waals surface area contributed by atoms with Gasteiger partial charge in [-0.3, -0.25) is 0 Å². The first kappa shape index (κ1) is 22.6. The Labute approximate surface area is 175 Å². The van der Waals surface area contributed by atoms with E-state index in [2.05, 4.69) is 27.5 Å². The number of aryl methyl sites for hydroxylation is 1. The van der Waals surface area contributed by atoms with Crippen molar-refractivity contribution >= 4 is 41.3 Å². The van der Waals surface area contributed by atoms with Crippen LogP contribution >= 0.6 is 35.3 Å². The lowest BCUT2D eigenvalue weighted by atomic mass is 10.1. The highest BCUT2D eigenvalue weighted by Crippen LogP contribution is 2.21. The highest BCUT2D eigenvalue weighted by molar-refractivity contribution is 14.0. The molecule has 1 atom stereocenters. The SMILES string of the molecule is CCNC(=NCc1ncc(CC)s1)NC(C)c1ccc(OC)c(F)c1.I. The van der Waals surface area contributed by atoms with Crippen molar-refractivity contribution in [2.24, 2.45) is 4.99 Å². The van der Waals surface area contributed by atoms with Gasteiger partial charge in [-0.15, -0.1) is 35.3 Å². The summed E-state index contributed by atoms with van der Waals surface area (Å²) in [5, 5.41) is 7.49. The molecule has 1 heterocycles. The van der Waals surface area contributed by atoms with Crippen LogP contribution in [0.1, 0.15) is 42.3 Å². The first-order valence-electron chi connectivity index (χ1n) is 8.39. The molecule has 0 saturated carbocycles. The molecular weight excluding hydrogens is 466 g/mol. The molecule has 0 radical (unpaired) electrons. The summed E-state index contributed by atoms with van der Waals surface area (Å²) in [7, 11) is 1.46. The van der Waals surface area contributed by atoms with Gasteiger partial charge in [0.05, 0.1) is 19.7 Å². The molecule has 0 saturated heterocycles. The lowest BCUT2D eigenvalue weighted by Gasteiger charge is -2.18. The number of aromatic nitrogens is 1. The molecule has 1 aromatic heterocycles. The molecule has 0 amide bonds. The fourth-order valence-electron chi connectivity index (χ4n) is 2.29. The van der Waals surface area contributed by atoms with Crippen molar-refractivity contribution in [3.05, 3.63) is 45.7 Å². The van der Waals surface area contributed by atoms with Crippen LogP contribution in [0, 0.1) is 5.82 Å². The summed E-state index contributed by atoms with van der Waals surface area (Å²) in [6, 6.07) is 4.86. The predicted octanol–water partition coefficient (Wildman–Crippen LogP) is 4.29. The molecule has 5 nitrogen and oxygen atoms in total. The first-order valence-corrected chi connectivity index (χ1v) is 9.20. The Morgan fingerprint density at radius 2 is 2.15 bits per heavy atom. The van der Waals surface area contributed by atoms with Crippen molar-refractivity contribution in [3.63, 3.8) is 0 Å². The van der Waals surface area contributed by atoms with Crippen LogP contribution in [0.25, 0.3) is 0 Å². The number of aliphatic imine (C=N–C) groups is 1. The Bertz CT molecular complexity index is 723. The van der Waals surface area contributed by atoms with Gasteiger partial charge in [-0.25, -0.2) is 14.4 Å². The summed E-state index contributed by atoms with van der Waals surface area (Å²) in [6.07, 6.45) is 2.89. The van der Waals surface area contributed by atoms with Crippen molar-refractivity contribution in [2.45, 2.75) is 39.8 Å². The van der Waals surface area contributed by atoms with E-state index in [9.17, 15) is 4.39 Å². The first-order chi connectivity index (χ1) is 12.1. The van der Waals surface area contributed by atoms with Crippen LogP contribution in [0.3, 0.4) is 0 Å². The van der Waals surface area contributed by atoms with E-state index in [1.165, 1.54) is 18.1 Å². The second-order valence-corrected chi connectivity index (χ2v) is 6.73. The molecule has 144 valence electrons. The molecule has 2 rings (SSSR count). The number of thiazole rings is 1. The maximum Gasteiger partial charge on any atom is 0.192 e. The summed E-state index contributed by atoms with van der Waals surface area (Å²) in [4.78, 5) is 10.2. The number of nitrogens with zero attached hydrogens (tertiary/aromatic N) is 2. The number of nitrogens with one attached hydrogen (secondary N) is 2. The number of hydrogen-bond donors (Lipinski definition) is 2. The van der Waals surface area contributed by atoms with Gasteiger partial charge in [-0.05, 0) is 38.0 Å². The van der Waals surface area contributed by atoms with E-state index >= 15 is 0 Å². The molecule has 1 aromatic carbocycles. The van der Waals surface area contributed by atoms with Crippen molar-refractivity contribution in [1.29, 1.82) is 0 Å². The topological polar surface area (TPSA) is 58.5 Å². The summed E-state index contributed by atoms with van der Waals surface area (Å²) in [5.41, 5.74) is 0.825. The lowest BCUT2D eigenvalue weighted by molar-refractivity contribution is 0.386. The molecule has 26 heavy (non-hydrogen) atoms. The Hall–Kier alpha value is -1.42. The summed E-state index contributed by atoms with van der Waals surface area (Å²) < 4.78 is 18.9. The fraction of sp³-hybridized carbons (Fsp3) is 0.444. The van der Waals surface area contributed by atoms with Crippen LogP contribution in [0.2, 0.25) is 0 Å². The standard InChI is InChI=1S/C18H25FN4OS.HI/c1-5-14-10-21-17(25-14)11-22-18(20-6-2)23-12(3)13-7-8-16(24-4)15(19)9-13;/h7-10,12H,5-6,11H2,1-4H3,(H2,20,22,23);1H. The highest BCUT2D eigenvalue weighted by Gasteiger charge is 2.11. The van der Waals surface area contributed by atoms with Gasteiger partial charge in [-0.1, -0.05) is 13.0 Å². The summed E-state index contributed by atoms with van der Waals surface area (Å²) >= 11 is 1.68. The van der Waals surface area contributed by atoms with Gasteiger partial charge >= 0.3 is 0 Å². The van der Waals surface area contributed by atoms with Gasteiger partial charge in [0.2, 0.25) is 0 Å². The molecule has 0 bridgehead atoms. The number of halogens is 2. The molecule has 0 aliphatic heterocycles. The third-order valence-electron chi connectivity index (χ3n) is 3.70. The van der Waals surface area contributed by atoms with E-state index < -0.39 is 0 Å². The smallest absolute Gasteiger partial charge is 0.192 e. The van der Waals surface area contributed by atoms with Crippen LogP contribution in [0.4, 0.5) is 4.39 Å². The van der Waals surface area contributed by atoms with Crippen LogP contribution in [-0.2, 0) is 13.0 Å². The van der Waals surface area contributed by atoms with E-state index in [0.717, 1.165) is 23.5 Å². The van der Waals surface area contributed by atoms with E-state index in [1.54, 1.807) is 17.4 Å². The molecule has 2 N–H and O–H groups in total. The Morgan fingerprint density at radius 1 is 1.38 bits per heavy atom. The number of guanidine groups is 1. The zero-order chi connectivity index (χ0) is 18.2. The van der Waals surface area contributed by atoms with Crippen molar-refractivity contribution in [1.82, 2.24) is 15.6 Å².